The van der Waals surface area contributed by atoms with Crippen molar-refractivity contribution >= 4 is 34.3 Å². The molecule has 0 radical (unpaired) electrons. The minimum absolute atomic E-state index is 0.0720. The molecule has 35 heavy (non-hydrogen) atoms. The van der Waals surface area contributed by atoms with E-state index < -0.39 is 5.97 Å². The third-order valence-corrected chi connectivity index (χ3v) is 6.03. The smallest absolute Gasteiger partial charge is 0.341 e. The van der Waals surface area contributed by atoms with Gasteiger partial charge in [0, 0.05) is 35.8 Å². The quantitative estimate of drug-likeness (QED) is 0.291. The Morgan fingerprint density at radius 1 is 1.17 bits per heavy atom. The summed E-state index contributed by atoms with van der Waals surface area (Å²) in [6.07, 6.45) is 2.16. The molecule has 9 heteroatoms. The molecule has 0 saturated heterocycles. The van der Waals surface area contributed by atoms with Gasteiger partial charge in [0.2, 0.25) is 0 Å². The van der Waals surface area contributed by atoms with Crippen molar-refractivity contribution < 1.29 is 19.0 Å². The number of carboxylic acid groups (broad SMARTS) is 1. The van der Waals surface area contributed by atoms with Gasteiger partial charge in [-0.3, -0.25) is 0 Å². The van der Waals surface area contributed by atoms with Crippen LogP contribution in [-0.2, 0) is 6.54 Å². The number of ether oxygens (including phenoxy) is 1. The molecule has 0 atom stereocenters. The minimum atomic E-state index is -1.15. The van der Waals surface area contributed by atoms with Crippen molar-refractivity contribution in [3.63, 3.8) is 0 Å². The third-order valence-electron chi connectivity index (χ3n) is 5.73. The summed E-state index contributed by atoms with van der Waals surface area (Å²) in [5.74, 6) is -0.605. The Morgan fingerprint density at radius 2 is 1.97 bits per heavy atom. The maximum absolute atomic E-state index is 14.0. The standard InChI is InChI=1S/C26H26ClFN4O3/c1-4-7-35-23-11-17(10-20(27)25(23)26(33)34)21-13-24(31-14-30-21)29-5-6-32-16(3)9-19-15(2)8-18(28)12-22(19)32/h8-14H,4-7H2,1-3H3,(H,33,34)(H,29,30,31). The Bertz CT molecular complexity index is 1400. The molecular weight excluding hydrogens is 471 g/mol. The molecule has 2 aromatic carbocycles. The highest BCUT2D eigenvalue weighted by Crippen LogP contribution is 2.33. The van der Waals surface area contributed by atoms with Crippen LogP contribution in [0.3, 0.4) is 0 Å². The molecule has 0 unspecified atom stereocenters. The zero-order valence-corrected chi connectivity index (χ0v) is 20.5. The fourth-order valence-electron chi connectivity index (χ4n) is 4.09. The number of carboxylic acids is 1. The first-order valence-corrected chi connectivity index (χ1v) is 11.7. The second-order valence-corrected chi connectivity index (χ2v) is 8.70. The highest BCUT2D eigenvalue weighted by atomic mass is 35.5. The number of carbonyl (C=O) groups is 1. The number of hydrogen-bond acceptors (Lipinski definition) is 5. The van der Waals surface area contributed by atoms with Crippen LogP contribution in [0.1, 0.15) is 35.0 Å². The SMILES string of the molecule is CCCOc1cc(-c2cc(NCCn3c(C)cc4c(C)cc(F)cc43)ncn2)cc(Cl)c1C(=O)O. The molecule has 0 aliphatic rings. The summed E-state index contributed by atoms with van der Waals surface area (Å²) in [6, 6.07) is 10.1. The van der Waals surface area contributed by atoms with E-state index in [0.29, 0.717) is 36.8 Å². The van der Waals surface area contributed by atoms with E-state index in [-0.39, 0.29) is 22.2 Å². The van der Waals surface area contributed by atoms with Gasteiger partial charge >= 0.3 is 5.97 Å². The van der Waals surface area contributed by atoms with Crippen molar-refractivity contribution in [2.45, 2.75) is 33.7 Å². The molecule has 4 aromatic rings. The van der Waals surface area contributed by atoms with Crippen molar-refractivity contribution in [1.82, 2.24) is 14.5 Å². The van der Waals surface area contributed by atoms with Gasteiger partial charge < -0.3 is 19.7 Å². The van der Waals surface area contributed by atoms with E-state index in [4.69, 9.17) is 16.3 Å². The van der Waals surface area contributed by atoms with E-state index in [9.17, 15) is 14.3 Å². The number of nitrogens with one attached hydrogen (secondary N) is 1. The number of nitrogens with zero attached hydrogens (tertiary/aromatic N) is 3. The molecule has 0 spiro atoms. The summed E-state index contributed by atoms with van der Waals surface area (Å²) in [6.45, 7) is 7.39. The summed E-state index contributed by atoms with van der Waals surface area (Å²) in [5, 5.41) is 13.9. The lowest BCUT2D eigenvalue weighted by atomic mass is 10.1. The van der Waals surface area contributed by atoms with Crippen LogP contribution in [-0.4, -0.2) is 38.8 Å². The molecule has 0 aliphatic carbocycles. The van der Waals surface area contributed by atoms with Gasteiger partial charge in [-0.05, 0) is 56.2 Å². The van der Waals surface area contributed by atoms with Crippen LogP contribution in [0.25, 0.3) is 22.2 Å². The topological polar surface area (TPSA) is 89.3 Å². The van der Waals surface area contributed by atoms with Crippen LogP contribution in [0.5, 0.6) is 5.75 Å². The maximum Gasteiger partial charge on any atom is 0.341 e. The highest BCUT2D eigenvalue weighted by molar-refractivity contribution is 6.34. The van der Waals surface area contributed by atoms with Crippen molar-refractivity contribution in [2.24, 2.45) is 0 Å². The van der Waals surface area contributed by atoms with Gasteiger partial charge in [0.05, 0.1) is 22.8 Å². The van der Waals surface area contributed by atoms with E-state index in [0.717, 1.165) is 28.6 Å². The summed E-state index contributed by atoms with van der Waals surface area (Å²) in [7, 11) is 0. The number of hydrogen-bond donors (Lipinski definition) is 2. The van der Waals surface area contributed by atoms with E-state index in [1.165, 1.54) is 6.33 Å². The van der Waals surface area contributed by atoms with E-state index in [1.54, 1.807) is 30.3 Å². The Morgan fingerprint density at radius 3 is 2.71 bits per heavy atom. The van der Waals surface area contributed by atoms with Crippen molar-refractivity contribution in [1.29, 1.82) is 0 Å². The fourth-order valence-corrected chi connectivity index (χ4v) is 4.38. The molecule has 7 nitrogen and oxygen atoms in total. The number of aromatic nitrogens is 3. The Labute approximate surface area is 207 Å². The maximum atomic E-state index is 14.0. The molecule has 182 valence electrons. The Kier molecular flexibility index (Phi) is 7.21. The molecule has 2 heterocycles. The summed E-state index contributed by atoms with van der Waals surface area (Å²) >= 11 is 6.27. The van der Waals surface area contributed by atoms with Gasteiger partial charge in [-0.25, -0.2) is 19.2 Å². The summed E-state index contributed by atoms with van der Waals surface area (Å²) < 4.78 is 21.7. The molecule has 4 rings (SSSR count). The molecule has 2 N–H and O–H groups in total. The lowest BCUT2D eigenvalue weighted by molar-refractivity contribution is 0.0692. The third kappa shape index (κ3) is 5.22. The van der Waals surface area contributed by atoms with E-state index in [1.807, 2.05) is 20.8 Å². The van der Waals surface area contributed by atoms with Crippen molar-refractivity contribution in [3.05, 3.63) is 70.4 Å². The second-order valence-electron chi connectivity index (χ2n) is 8.29. The highest BCUT2D eigenvalue weighted by Gasteiger charge is 2.19. The first kappa shape index (κ1) is 24.5. The average Bonchev–Trinajstić information content (AvgIpc) is 3.12. The Balaban J connectivity index is 1.55. The first-order valence-electron chi connectivity index (χ1n) is 11.3. The normalized spacial score (nSPS) is 11.1. The van der Waals surface area contributed by atoms with Crippen LogP contribution in [0.15, 0.2) is 42.7 Å². The number of aromatic carboxylic acids is 1. The van der Waals surface area contributed by atoms with Crippen LogP contribution < -0.4 is 10.1 Å². The fraction of sp³-hybridized carbons (Fsp3) is 0.269. The number of anilines is 1. The molecule has 0 bridgehead atoms. The lowest BCUT2D eigenvalue weighted by Crippen LogP contribution is -2.12. The summed E-state index contributed by atoms with van der Waals surface area (Å²) in [4.78, 5) is 20.3. The van der Waals surface area contributed by atoms with E-state index in [2.05, 4.69) is 25.9 Å². The monoisotopic (exact) mass is 496 g/mol. The molecule has 2 aromatic heterocycles. The molecule has 0 aliphatic heterocycles. The van der Waals surface area contributed by atoms with Gasteiger partial charge in [0.1, 0.15) is 29.3 Å². The molecule has 0 amide bonds. The Hall–Kier alpha value is -3.65. The lowest BCUT2D eigenvalue weighted by Gasteiger charge is -2.13. The van der Waals surface area contributed by atoms with Crippen LogP contribution in [0.4, 0.5) is 10.2 Å². The van der Waals surface area contributed by atoms with Gasteiger partial charge in [-0.1, -0.05) is 18.5 Å². The molecular formula is C26H26ClFN4O3. The van der Waals surface area contributed by atoms with Crippen molar-refractivity contribution in [3.8, 4) is 17.0 Å². The van der Waals surface area contributed by atoms with Gasteiger partial charge in [0.25, 0.3) is 0 Å². The predicted octanol–water partition coefficient (Wildman–Crippen LogP) is 6.11. The second kappa shape index (κ2) is 10.3. The van der Waals surface area contributed by atoms with Crippen molar-refractivity contribution in [2.75, 3.05) is 18.5 Å². The average molecular weight is 497 g/mol. The largest absolute Gasteiger partial charge is 0.493 e. The predicted molar refractivity (Wildman–Crippen MR) is 135 cm³/mol. The number of halogens is 2. The number of fused-ring (bicyclic) bond motifs is 1. The van der Waals surface area contributed by atoms with Crippen LogP contribution in [0, 0.1) is 19.7 Å². The van der Waals surface area contributed by atoms with Gasteiger partial charge in [-0.2, -0.15) is 0 Å². The van der Waals surface area contributed by atoms with Crippen LogP contribution in [0.2, 0.25) is 5.02 Å². The molecule has 0 fully saturated rings. The number of rotatable bonds is 9. The first-order chi connectivity index (χ1) is 16.8. The minimum Gasteiger partial charge on any atom is -0.493 e. The van der Waals surface area contributed by atoms with Crippen LogP contribution >= 0.6 is 11.6 Å². The summed E-state index contributed by atoms with van der Waals surface area (Å²) in [5.41, 5.74) is 3.93. The molecule has 0 saturated carbocycles. The van der Waals surface area contributed by atoms with Gasteiger partial charge in [-0.15, -0.1) is 0 Å². The number of aryl methyl sites for hydroxylation is 2. The van der Waals surface area contributed by atoms with Gasteiger partial charge in [0.15, 0.2) is 0 Å². The zero-order chi connectivity index (χ0) is 25.1. The zero-order valence-electron chi connectivity index (χ0n) is 19.7. The number of benzene rings is 2. The van der Waals surface area contributed by atoms with E-state index >= 15 is 0 Å².